The number of ether oxygens (including phenoxy) is 1. The lowest BCUT2D eigenvalue weighted by atomic mass is 10.00. The highest BCUT2D eigenvalue weighted by molar-refractivity contribution is 5.93. The first-order valence-corrected chi connectivity index (χ1v) is 12.8. The quantitative estimate of drug-likeness (QED) is 0.423. The van der Waals surface area contributed by atoms with E-state index >= 15 is 0 Å². The van der Waals surface area contributed by atoms with E-state index in [1.165, 1.54) is 11.1 Å². The molecule has 1 aromatic heterocycles. The topological polar surface area (TPSA) is 103 Å². The zero-order chi connectivity index (χ0) is 24.6. The van der Waals surface area contributed by atoms with E-state index in [1.807, 2.05) is 0 Å². The van der Waals surface area contributed by atoms with Gasteiger partial charge in [0.25, 0.3) is 5.91 Å². The van der Waals surface area contributed by atoms with Gasteiger partial charge in [-0.3, -0.25) is 9.69 Å². The molecule has 0 saturated carbocycles. The SMILES string of the molecule is CCCCN(CC)c1nc(NC2COC2)cc(C(=O)NC[C@H](O)CN2CCc3ccccc3C2)n1. The number of anilines is 2. The summed E-state index contributed by atoms with van der Waals surface area (Å²) in [6, 6.07) is 10.3. The van der Waals surface area contributed by atoms with Gasteiger partial charge in [0.2, 0.25) is 5.95 Å². The third-order valence-electron chi connectivity index (χ3n) is 6.56. The lowest BCUT2D eigenvalue weighted by molar-refractivity contribution is 0.0209. The van der Waals surface area contributed by atoms with Gasteiger partial charge in [0.15, 0.2) is 0 Å². The van der Waals surface area contributed by atoms with Gasteiger partial charge in [-0.05, 0) is 30.9 Å². The summed E-state index contributed by atoms with van der Waals surface area (Å²) in [5.41, 5.74) is 2.99. The van der Waals surface area contributed by atoms with E-state index in [0.717, 1.165) is 45.4 Å². The Morgan fingerprint density at radius 2 is 2.06 bits per heavy atom. The fraction of sp³-hybridized carbons (Fsp3) is 0.577. The second-order valence-electron chi connectivity index (χ2n) is 9.37. The maximum atomic E-state index is 13.0. The Labute approximate surface area is 207 Å². The van der Waals surface area contributed by atoms with Crippen molar-refractivity contribution < 1.29 is 14.6 Å². The van der Waals surface area contributed by atoms with Crippen LogP contribution >= 0.6 is 0 Å². The minimum Gasteiger partial charge on any atom is -0.390 e. The molecule has 1 fully saturated rings. The predicted molar refractivity (Wildman–Crippen MR) is 137 cm³/mol. The number of benzene rings is 1. The summed E-state index contributed by atoms with van der Waals surface area (Å²) in [6.45, 7) is 9.47. The molecular formula is C26H38N6O3. The van der Waals surface area contributed by atoms with Crippen LogP contribution in [0, 0.1) is 0 Å². The molecule has 2 aromatic rings. The molecule has 0 unspecified atom stereocenters. The number of β-amino-alcohol motifs (C(OH)–C–C–N with tert-alkyl or cyclic N) is 1. The minimum atomic E-state index is -0.660. The highest BCUT2D eigenvalue weighted by atomic mass is 16.5. The Bertz CT molecular complexity index is 983. The number of carbonyl (C=O) groups excluding carboxylic acids is 1. The number of aromatic nitrogens is 2. The summed E-state index contributed by atoms with van der Waals surface area (Å²) < 4.78 is 5.26. The highest BCUT2D eigenvalue weighted by Gasteiger charge is 2.22. The molecule has 0 bridgehead atoms. The van der Waals surface area contributed by atoms with Gasteiger partial charge >= 0.3 is 0 Å². The predicted octanol–water partition coefficient (Wildman–Crippen LogP) is 2.06. The molecule has 2 aliphatic rings. The number of rotatable bonds is 12. The Hall–Kier alpha value is -2.75. The fourth-order valence-electron chi connectivity index (χ4n) is 4.42. The Kier molecular flexibility index (Phi) is 8.90. The molecule has 0 radical (unpaired) electrons. The van der Waals surface area contributed by atoms with E-state index in [1.54, 1.807) is 6.07 Å². The van der Waals surface area contributed by atoms with E-state index in [4.69, 9.17) is 4.74 Å². The van der Waals surface area contributed by atoms with E-state index in [-0.39, 0.29) is 18.5 Å². The molecule has 1 saturated heterocycles. The lowest BCUT2D eigenvalue weighted by Crippen LogP contribution is -2.42. The van der Waals surface area contributed by atoms with E-state index in [9.17, 15) is 9.90 Å². The number of hydrogen-bond donors (Lipinski definition) is 3. The fourth-order valence-corrected chi connectivity index (χ4v) is 4.42. The second kappa shape index (κ2) is 12.3. The number of carbonyl (C=O) groups is 1. The molecule has 0 aliphatic carbocycles. The maximum absolute atomic E-state index is 13.0. The number of aliphatic hydroxyl groups is 1. The Morgan fingerprint density at radius 1 is 1.26 bits per heavy atom. The number of fused-ring (bicyclic) bond motifs is 1. The van der Waals surface area contributed by atoms with Gasteiger partial charge in [-0.2, -0.15) is 4.98 Å². The number of nitrogens with zero attached hydrogens (tertiary/aromatic N) is 4. The molecule has 9 nitrogen and oxygen atoms in total. The summed E-state index contributed by atoms with van der Waals surface area (Å²) >= 11 is 0. The molecule has 1 atom stereocenters. The zero-order valence-corrected chi connectivity index (χ0v) is 20.9. The van der Waals surface area contributed by atoms with Gasteiger partial charge in [-0.15, -0.1) is 0 Å². The minimum absolute atomic E-state index is 0.170. The number of nitrogens with one attached hydrogen (secondary N) is 2. The maximum Gasteiger partial charge on any atom is 0.270 e. The van der Waals surface area contributed by atoms with E-state index in [2.05, 4.69) is 68.5 Å². The smallest absolute Gasteiger partial charge is 0.270 e. The molecule has 1 aromatic carbocycles. The van der Waals surface area contributed by atoms with Crippen molar-refractivity contribution in [1.29, 1.82) is 0 Å². The van der Waals surface area contributed by atoms with Crippen molar-refractivity contribution in [2.75, 3.05) is 56.2 Å². The number of amides is 1. The molecule has 35 heavy (non-hydrogen) atoms. The molecule has 1 amide bonds. The monoisotopic (exact) mass is 482 g/mol. The second-order valence-corrected chi connectivity index (χ2v) is 9.37. The third kappa shape index (κ3) is 6.90. The molecule has 9 heteroatoms. The number of hydrogen-bond acceptors (Lipinski definition) is 8. The van der Waals surface area contributed by atoms with Crippen LogP contribution in [0.1, 0.15) is 48.3 Å². The average Bonchev–Trinajstić information content (AvgIpc) is 2.85. The molecule has 2 aliphatic heterocycles. The standard InChI is InChI=1S/C26H38N6O3/c1-3-5-11-32(4-2)26-29-23(13-24(30-26)28-21-17-35-18-21)25(34)27-14-22(33)16-31-12-10-19-8-6-7-9-20(19)15-31/h6-9,13,21-22,33H,3-5,10-12,14-18H2,1-2H3,(H,27,34)(H,28,29,30)/t22-/m0/s1. The van der Waals surface area contributed by atoms with Crippen molar-refractivity contribution in [3.05, 3.63) is 47.2 Å². The van der Waals surface area contributed by atoms with Crippen LogP contribution in [0.5, 0.6) is 0 Å². The first-order chi connectivity index (χ1) is 17.1. The zero-order valence-electron chi connectivity index (χ0n) is 20.9. The number of unbranched alkanes of at least 4 members (excludes halogenated alkanes) is 1. The van der Waals surface area contributed by atoms with Crippen molar-refractivity contribution in [2.24, 2.45) is 0 Å². The van der Waals surface area contributed by atoms with Crippen molar-refractivity contribution in [3.8, 4) is 0 Å². The van der Waals surface area contributed by atoms with Gasteiger partial charge in [0, 0.05) is 45.3 Å². The van der Waals surface area contributed by atoms with Crippen LogP contribution in [0.2, 0.25) is 0 Å². The summed E-state index contributed by atoms with van der Waals surface area (Å²) in [6.07, 6.45) is 2.42. The van der Waals surface area contributed by atoms with Crippen LogP contribution in [0.25, 0.3) is 0 Å². The van der Waals surface area contributed by atoms with Crippen LogP contribution < -0.4 is 15.5 Å². The van der Waals surface area contributed by atoms with Crippen LogP contribution in [0.4, 0.5) is 11.8 Å². The van der Waals surface area contributed by atoms with Gasteiger partial charge in [0.05, 0.1) is 25.4 Å². The lowest BCUT2D eigenvalue weighted by Gasteiger charge is -2.30. The van der Waals surface area contributed by atoms with Crippen molar-refractivity contribution in [3.63, 3.8) is 0 Å². The molecule has 4 rings (SSSR count). The molecule has 3 N–H and O–H groups in total. The average molecular weight is 483 g/mol. The van der Waals surface area contributed by atoms with Crippen LogP contribution in [-0.4, -0.2) is 84.0 Å². The Morgan fingerprint density at radius 3 is 2.77 bits per heavy atom. The Balaban J connectivity index is 1.37. The van der Waals surface area contributed by atoms with Crippen LogP contribution in [0.3, 0.4) is 0 Å². The van der Waals surface area contributed by atoms with Crippen molar-refractivity contribution in [2.45, 2.75) is 51.8 Å². The van der Waals surface area contributed by atoms with Gasteiger partial charge < -0.3 is 25.4 Å². The summed E-state index contributed by atoms with van der Waals surface area (Å²) in [4.78, 5) is 26.6. The molecular weight excluding hydrogens is 444 g/mol. The first-order valence-electron chi connectivity index (χ1n) is 12.8. The summed E-state index contributed by atoms with van der Waals surface area (Å²) in [5, 5.41) is 16.8. The van der Waals surface area contributed by atoms with Crippen LogP contribution in [0.15, 0.2) is 30.3 Å². The van der Waals surface area contributed by atoms with Gasteiger partial charge in [-0.25, -0.2) is 4.98 Å². The number of aliphatic hydroxyl groups excluding tert-OH is 1. The summed E-state index contributed by atoms with van der Waals surface area (Å²) in [7, 11) is 0. The van der Waals surface area contributed by atoms with E-state index in [0.29, 0.717) is 37.2 Å². The molecule has 0 spiro atoms. The third-order valence-corrected chi connectivity index (χ3v) is 6.56. The highest BCUT2D eigenvalue weighted by Crippen LogP contribution is 2.19. The van der Waals surface area contributed by atoms with Crippen molar-refractivity contribution >= 4 is 17.7 Å². The first kappa shape index (κ1) is 25.3. The largest absolute Gasteiger partial charge is 0.390 e. The normalized spacial score (nSPS) is 16.8. The molecule has 3 heterocycles. The van der Waals surface area contributed by atoms with E-state index < -0.39 is 6.10 Å². The van der Waals surface area contributed by atoms with Crippen LogP contribution in [-0.2, 0) is 17.7 Å². The van der Waals surface area contributed by atoms with Gasteiger partial charge in [-0.1, -0.05) is 37.6 Å². The molecule has 190 valence electrons. The van der Waals surface area contributed by atoms with Gasteiger partial charge in [0.1, 0.15) is 11.5 Å². The van der Waals surface area contributed by atoms with Crippen molar-refractivity contribution in [1.82, 2.24) is 20.2 Å². The summed E-state index contributed by atoms with van der Waals surface area (Å²) in [5.74, 6) is 0.857.